The van der Waals surface area contributed by atoms with Crippen molar-refractivity contribution in [3.63, 3.8) is 0 Å². The fraction of sp³-hybridized carbons (Fsp3) is 0.542. The molecule has 7 heteroatoms. The third-order valence-corrected chi connectivity index (χ3v) is 7.67. The highest BCUT2D eigenvalue weighted by atomic mass is 32.2. The van der Waals surface area contributed by atoms with E-state index < -0.39 is 0 Å². The van der Waals surface area contributed by atoms with Crippen LogP contribution in [-0.4, -0.2) is 63.1 Å². The molecule has 0 atom stereocenters. The summed E-state index contributed by atoms with van der Waals surface area (Å²) in [6.45, 7) is 5.89. The van der Waals surface area contributed by atoms with Crippen LogP contribution in [0.15, 0.2) is 28.7 Å². The van der Waals surface area contributed by atoms with Crippen LogP contribution in [0.5, 0.6) is 11.8 Å². The van der Waals surface area contributed by atoms with Gasteiger partial charge in [-0.05, 0) is 62.6 Å². The third kappa shape index (κ3) is 4.17. The average molecular weight is 441 g/mol. The molecule has 0 saturated carbocycles. The first-order valence-electron chi connectivity index (χ1n) is 11.6. The second-order valence-electron chi connectivity index (χ2n) is 8.84. The Balaban J connectivity index is 1.09. The van der Waals surface area contributed by atoms with Crippen molar-refractivity contribution in [1.82, 2.24) is 14.4 Å². The number of piperazine rings is 1. The smallest absolute Gasteiger partial charge is 0.197 e. The van der Waals surface area contributed by atoms with Crippen molar-refractivity contribution in [2.24, 2.45) is 4.40 Å². The molecule has 3 aliphatic rings. The number of aromatic hydroxyl groups is 2. The van der Waals surface area contributed by atoms with Gasteiger partial charge in [-0.3, -0.25) is 9.47 Å². The number of unbranched alkanes of at least 4 members (excludes halogenated alkanes) is 1. The number of rotatable bonds is 5. The number of hydrogen-bond donors (Lipinski definition) is 2. The number of aromatic nitrogens is 1. The molecular formula is C24H32N4O2S. The zero-order valence-corrected chi connectivity index (χ0v) is 18.9. The molecule has 5 rings (SSSR count). The Hall–Kier alpha value is -2.12. The van der Waals surface area contributed by atoms with E-state index in [0.29, 0.717) is 18.3 Å². The van der Waals surface area contributed by atoms with Gasteiger partial charge in [0.2, 0.25) is 0 Å². The summed E-state index contributed by atoms with van der Waals surface area (Å²) in [4.78, 5) is 4.96. The van der Waals surface area contributed by atoms with Crippen molar-refractivity contribution < 1.29 is 10.2 Å². The lowest BCUT2D eigenvalue weighted by molar-refractivity contribution is 0.179. The van der Waals surface area contributed by atoms with Crippen molar-refractivity contribution in [1.29, 1.82) is 0 Å². The van der Waals surface area contributed by atoms with Gasteiger partial charge in [0, 0.05) is 55.2 Å². The molecule has 0 unspecified atom stereocenters. The van der Waals surface area contributed by atoms with Crippen LogP contribution in [0, 0.1) is 0 Å². The van der Waals surface area contributed by atoms with Crippen LogP contribution in [0.4, 0.5) is 0 Å². The van der Waals surface area contributed by atoms with Gasteiger partial charge in [-0.15, -0.1) is 0 Å². The van der Waals surface area contributed by atoms with Gasteiger partial charge in [-0.25, -0.2) is 0 Å². The minimum Gasteiger partial charge on any atom is -0.494 e. The molecule has 1 aliphatic carbocycles. The van der Waals surface area contributed by atoms with Crippen LogP contribution in [0.25, 0.3) is 0 Å². The molecule has 0 spiro atoms. The average Bonchev–Trinajstić information content (AvgIpc) is 3.07. The van der Waals surface area contributed by atoms with Crippen LogP contribution in [0.2, 0.25) is 0 Å². The summed E-state index contributed by atoms with van der Waals surface area (Å²) >= 11 is 1.66. The fourth-order valence-electron chi connectivity index (χ4n) is 5.13. The van der Waals surface area contributed by atoms with Crippen LogP contribution >= 0.6 is 11.9 Å². The summed E-state index contributed by atoms with van der Waals surface area (Å²) in [6.07, 6.45) is 6.02. The van der Waals surface area contributed by atoms with E-state index in [1.807, 2.05) is 0 Å². The van der Waals surface area contributed by atoms with Crippen molar-refractivity contribution in [2.75, 3.05) is 32.7 Å². The molecule has 6 nitrogen and oxygen atoms in total. The Morgan fingerprint density at radius 3 is 2.29 bits per heavy atom. The largest absolute Gasteiger partial charge is 0.494 e. The summed E-state index contributed by atoms with van der Waals surface area (Å²) < 4.78 is 6.49. The van der Waals surface area contributed by atoms with E-state index in [1.54, 1.807) is 16.5 Å². The topological polar surface area (TPSA) is 64.2 Å². The van der Waals surface area contributed by atoms with E-state index in [9.17, 15) is 10.2 Å². The molecule has 31 heavy (non-hydrogen) atoms. The van der Waals surface area contributed by atoms with Gasteiger partial charge in [-0.2, -0.15) is 4.40 Å². The Kier molecular flexibility index (Phi) is 6.14. The van der Waals surface area contributed by atoms with Gasteiger partial charge in [0.05, 0.1) is 0 Å². The maximum atomic E-state index is 10.5. The molecular weight excluding hydrogens is 408 g/mol. The zero-order chi connectivity index (χ0) is 21.2. The highest BCUT2D eigenvalue weighted by Gasteiger charge is 2.25. The van der Waals surface area contributed by atoms with Gasteiger partial charge in [0.15, 0.2) is 11.8 Å². The summed E-state index contributed by atoms with van der Waals surface area (Å²) in [6, 6.07) is 8.63. The molecule has 0 amide bonds. The molecule has 2 N–H and O–H groups in total. The Morgan fingerprint density at radius 1 is 0.871 bits per heavy atom. The van der Waals surface area contributed by atoms with E-state index >= 15 is 0 Å². The third-order valence-electron chi connectivity index (χ3n) is 6.93. The molecule has 1 saturated heterocycles. The minimum atomic E-state index is 0.298. The quantitative estimate of drug-likeness (QED) is 0.547. The molecule has 1 fully saturated rings. The lowest BCUT2D eigenvalue weighted by atomic mass is 9.95. The number of nitrogens with zero attached hydrogens (tertiary/aromatic N) is 4. The van der Waals surface area contributed by atoms with E-state index in [-0.39, 0.29) is 0 Å². The summed E-state index contributed by atoms with van der Waals surface area (Å²) in [7, 11) is 0. The summed E-state index contributed by atoms with van der Waals surface area (Å²) in [5, 5.41) is 21.0. The first-order valence-corrected chi connectivity index (χ1v) is 12.5. The first kappa shape index (κ1) is 20.8. The minimum absolute atomic E-state index is 0.298. The SMILES string of the molecule is Oc1c2c(c(O)n1CCCCN1CCN(C3=NSCc4ccccc43)CC1)CCCC2. The predicted octanol–water partition coefficient (Wildman–Crippen LogP) is 3.78. The molecule has 2 aliphatic heterocycles. The highest BCUT2D eigenvalue weighted by molar-refractivity contribution is 7.97. The van der Waals surface area contributed by atoms with Crippen molar-refractivity contribution in [2.45, 2.75) is 50.8 Å². The second kappa shape index (κ2) is 9.17. The Morgan fingerprint density at radius 2 is 1.55 bits per heavy atom. The highest BCUT2D eigenvalue weighted by Crippen LogP contribution is 2.38. The van der Waals surface area contributed by atoms with E-state index in [2.05, 4.69) is 34.1 Å². The number of amidine groups is 1. The van der Waals surface area contributed by atoms with Crippen LogP contribution in [0.3, 0.4) is 0 Å². The van der Waals surface area contributed by atoms with Crippen molar-refractivity contribution in [3.8, 4) is 11.8 Å². The number of benzene rings is 1. The van der Waals surface area contributed by atoms with E-state index in [0.717, 1.165) is 94.0 Å². The summed E-state index contributed by atoms with van der Waals surface area (Å²) in [5.74, 6) is 2.71. The predicted molar refractivity (Wildman–Crippen MR) is 126 cm³/mol. The first-order chi connectivity index (χ1) is 15.2. The Labute approximate surface area is 188 Å². The molecule has 1 aromatic heterocycles. The van der Waals surface area contributed by atoms with Gasteiger partial charge >= 0.3 is 0 Å². The van der Waals surface area contributed by atoms with E-state index in [4.69, 9.17) is 4.40 Å². The number of fused-ring (bicyclic) bond motifs is 2. The maximum absolute atomic E-state index is 10.5. The lowest BCUT2D eigenvalue weighted by Crippen LogP contribution is -2.49. The van der Waals surface area contributed by atoms with Crippen molar-refractivity contribution in [3.05, 3.63) is 46.5 Å². The van der Waals surface area contributed by atoms with Crippen molar-refractivity contribution >= 4 is 17.8 Å². The fourth-order valence-corrected chi connectivity index (χ4v) is 5.92. The monoisotopic (exact) mass is 440 g/mol. The normalized spacial score (nSPS) is 19.1. The Bertz CT molecular complexity index is 933. The molecule has 1 aromatic carbocycles. The number of hydrogen-bond acceptors (Lipinski definition) is 6. The second-order valence-corrected chi connectivity index (χ2v) is 9.57. The molecule has 166 valence electrons. The van der Waals surface area contributed by atoms with Gasteiger partial charge in [0.1, 0.15) is 5.84 Å². The maximum Gasteiger partial charge on any atom is 0.197 e. The summed E-state index contributed by atoms with van der Waals surface area (Å²) in [5.41, 5.74) is 4.64. The standard InChI is InChI=1S/C24H32N4O2S/c29-23-20-9-3-4-10-21(20)24(30)28(23)12-6-5-11-26-13-15-27(16-14-26)22-19-8-2-1-7-18(19)17-31-25-22/h1-2,7-8,29-30H,3-6,9-17H2. The van der Waals surface area contributed by atoms with Gasteiger partial charge in [-0.1, -0.05) is 24.3 Å². The molecule has 0 bridgehead atoms. The molecule has 0 radical (unpaired) electrons. The van der Waals surface area contributed by atoms with Crippen LogP contribution < -0.4 is 0 Å². The van der Waals surface area contributed by atoms with E-state index in [1.165, 1.54) is 11.1 Å². The molecule has 3 heterocycles. The van der Waals surface area contributed by atoms with Gasteiger partial charge in [0.25, 0.3) is 0 Å². The van der Waals surface area contributed by atoms with Crippen LogP contribution in [-0.2, 0) is 25.1 Å². The van der Waals surface area contributed by atoms with Gasteiger partial charge < -0.3 is 15.1 Å². The van der Waals surface area contributed by atoms with Crippen LogP contribution in [0.1, 0.15) is 47.9 Å². The zero-order valence-electron chi connectivity index (χ0n) is 18.1. The molecule has 2 aromatic rings. The lowest BCUT2D eigenvalue weighted by Gasteiger charge is -2.37.